The molecule has 0 aromatic heterocycles. The number of aliphatic hydroxyl groups is 1. The van der Waals surface area contributed by atoms with Gasteiger partial charge in [0.2, 0.25) is 5.91 Å². The zero-order valence-corrected chi connectivity index (χ0v) is 21.6. The van der Waals surface area contributed by atoms with Gasteiger partial charge >= 0.3 is 6.09 Å². The van der Waals surface area contributed by atoms with Crippen LogP contribution in [0.5, 0.6) is 0 Å². The number of rotatable bonds is 11. The second-order valence-corrected chi connectivity index (χ2v) is 10.0. The average Bonchev–Trinajstić information content (AvgIpc) is 3.54. The number of hydrogen-bond donors (Lipinski definition) is 2. The Labute approximate surface area is 212 Å². The summed E-state index contributed by atoms with van der Waals surface area (Å²) in [5, 5.41) is 14.0. The van der Waals surface area contributed by atoms with Crippen LogP contribution in [0.2, 0.25) is 0 Å². The number of amides is 2. The fourth-order valence-corrected chi connectivity index (χ4v) is 4.24. The predicted octanol–water partition coefficient (Wildman–Crippen LogP) is 4.45. The Balaban J connectivity index is 1.72. The summed E-state index contributed by atoms with van der Waals surface area (Å²) in [6, 6.07) is 17.0. The molecular formula is C29H36N2O5. The number of likely N-dealkylation sites (N-methyl/N-ethyl adjacent to an activating group) is 1. The normalized spacial score (nSPS) is 14.0. The third kappa shape index (κ3) is 6.61. The zero-order valence-electron chi connectivity index (χ0n) is 21.6. The number of nitrogens with zero attached hydrogens (tertiary/aromatic N) is 1. The number of ether oxygens (including phenoxy) is 1. The quantitative estimate of drug-likeness (QED) is 0.412. The van der Waals surface area contributed by atoms with E-state index in [-0.39, 0.29) is 23.9 Å². The maximum absolute atomic E-state index is 13.4. The maximum atomic E-state index is 13.4. The van der Waals surface area contributed by atoms with Gasteiger partial charge in [0, 0.05) is 18.2 Å². The van der Waals surface area contributed by atoms with E-state index in [4.69, 9.17) is 4.74 Å². The van der Waals surface area contributed by atoms with Gasteiger partial charge in [0.15, 0.2) is 5.43 Å². The highest BCUT2D eigenvalue weighted by Gasteiger charge is 2.38. The Morgan fingerprint density at radius 2 is 1.56 bits per heavy atom. The molecule has 7 heteroatoms. The molecule has 3 atom stereocenters. The van der Waals surface area contributed by atoms with Crippen LogP contribution in [0.3, 0.4) is 0 Å². The molecule has 7 nitrogen and oxygen atoms in total. The van der Waals surface area contributed by atoms with Crippen molar-refractivity contribution in [3.63, 3.8) is 0 Å². The summed E-state index contributed by atoms with van der Waals surface area (Å²) < 4.78 is 5.43. The highest BCUT2D eigenvalue weighted by Crippen LogP contribution is 2.33. The first kappa shape index (κ1) is 27.1. The Morgan fingerprint density at radius 1 is 0.972 bits per heavy atom. The minimum absolute atomic E-state index is 0.103. The second kappa shape index (κ2) is 12.0. The molecule has 0 aliphatic carbocycles. The molecule has 192 valence electrons. The van der Waals surface area contributed by atoms with Crippen LogP contribution in [0, 0.1) is 11.8 Å². The van der Waals surface area contributed by atoms with Gasteiger partial charge in [0.1, 0.15) is 18.8 Å². The Hall–Kier alpha value is -3.45. The molecule has 0 fully saturated rings. The number of benzene rings is 2. The maximum Gasteiger partial charge on any atom is 0.410 e. The summed E-state index contributed by atoms with van der Waals surface area (Å²) >= 11 is 0. The summed E-state index contributed by atoms with van der Waals surface area (Å²) in [6.45, 7) is 7.79. The fourth-order valence-electron chi connectivity index (χ4n) is 4.24. The van der Waals surface area contributed by atoms with Gasteiger partial charge in [-0.05, 0) is 29.4 Å². The van der Waals surface area contributed by atoms with E-state index >= 15 is 0 Å². The van der Waals surface area contributed by atoms with Gasteiger partial charge in [-0.2, -0.15) is 0 Å². The van der Waals surface area contributed by atoms with Crippen molar-refractivity contribution in [1.82, 2.24) is 10.2 Å². The minimum atomic E-state index is -1.15. The number of nitrogens with one attached hydrogen (secondary N) is 1. The molecular weight excluding hydrogens is 456 g/mol. The van der Waals surface area contributed by atoms with Gasteiger partial charge in [-0.25, -0.2) is 4.79 Å². The third-order valence-electron chi connectivity index (χ3n) is 6.36. The van der Waals surface area contributed by atoms with Crippen molar-refractivity contribution >= 4 is 12.0 Å². The molecule has 0 heterocycles. The average molecular weight is 493 g/mol. The molecule has 3 aromatic carbocycles. The summed E-state index contributed by atoms with van der Waals surface area (Å²) in [7, 11) is 1.54. The molecule has 0 aliphatic rings. The first-order valence-electron chi connectivity index (χ1n) is 12.4. The Morgan fingerprint density at radius 3 is 2.11 bits per heavy atom. The molecule has 3 aromatic rings. The highest BCUT2D eigenvalue weighted by atomic mass is 16.6. The highest BCUT2D eigenvalue weighted by molar-refractivity contribution is 5.86. The molecule has 0 radical (unpaired) electrons. The lowest BCUT2D eigenvalue weighted by Crippen LogP contribution is -2.53. The standard InChI is InChI=1S/C29H36N2O5/c1-18(2)16-22(31(5)29(35)36-17-20-12-8-6-9-13-20)28(34)30-25(19(3)4)27(33)24-23(26(24)32)21-14-10-7-11-15-21/h6-15,18-19,22,25,27,33H,16-17H2,1-5H3,(H,30,34)/t22-,25-,27+/m0/s1. The smallest absolute Gasteiger partial charge is 0.410 e. The number of carbonyl (C=O) groups excluding carboxylic acids is 2. The molecule has 0 saturated heterocycles. The first-order chi connectivity index (χ1) is 17.1. The molecule has 2 amide bonds. The lowest BCUT2D eigenvalue weighted by Gasteiger charge is -2.32. The Bertz CT molecular complexity index is 1150. The van der Waals surface area contributed by atoms with Gasteiger partial charge in [-0.1, -0.05) is 88.4 Å². The Kier molecular flexibility index (Phi) is 9.04. The van der Waals surface area contributed by atoms with Crippen LogP contribution in [-0.2, 0) is 16.1 Å². The summed E-state index contributed by atoms with van der Waals surface area (Å²) in [6.07, 6.45) is -1.33. The van der Waals surface area contributed by atoms with Crippen LogP contribution >= 0.6 is 0 Å². The molecule has 0 bridgehead atoms. The lowest BCUT2D eigenvalue weighted by molar-refractivity contribution is -0.128. The fraction of sp³-hybridized carbons (Fsp3) is 0.414. The SMILES string of the molecule is CC(C)C[C@@H](C(=O)N[C@@H](C(C)C)[C@H](O)c1c(-c2ccccc2)c1=O)N(C)C(=O)OCc1ccccc1. The molecule has 0 spiro atoms. The van der Waals surface area contributed by atoms with E-state index in [9.17, 15) is 19.5 Å². The second-order valence-electron chi connectivity index (χ2n) is 10.0. The van der Waals surface area contributed by atoms with E-state index in [2.05, 4.69) is 5.32 Å². The molecule has 3 rings (SSSR count). The van der Waals surface area contributed by atoms with Crippen LogP contribution < -0.4 is 10.7 Å². The van der Waals surface area contributed by atoms with Crippen molar-refractivity contribution < 1.29 is 19.4 Å². The van der Waals surface area contributed by atoms with Gasteiger partial charge in [-0.3, -0.25) is 14.5 Å². The monoisotopic (exact) mass is 492 g/mol. The lowest BCUT2D eigenvalue weighted by atomic mass is 9.94. The van der Waals surface area contributed by atoms with Gasteiger partial charge in [0.05, 0.1) is 6.04 Å². The number of carbonyl (C=O) groups is 2. The molecule has 0 aliphatic heterocycles. The molecule has 2 N–H and O–H groups in total. The van der Waals surface area contributed by atoms with Crippen molar-refractivity contribution in [3.8, 4) is 11.1 Å². The summed E-state index contributed by atoms with van der Waals surface area (Å²) in [5.74, 6) is -0.419. The van der Waals surface area contributed by atoms with E-state index < -0.39 is 30.2 Å². The van der Waals surface area contributed by atoms with Crippen molar-refractivity contribution in [2.45, 2.75) is 58.9 Å². The zero-order chi connectivity index (χ0) is 26.4. The van der Waals surface area contributed by atoms with Gasteiger partial charge < -0.3 is 15.2 Å². The van der Waals surface area contributed by atoms with Crippen molar-refractivity contribution in [2.75, 3.05) is 7.05 Å². The van der Waals surface area contributed by atoms with Crippen LogP contribution in [0.25, 0.3) is 11.1 Å². The van der Waals surface area contributed by atoms with E-state index in [0.717, 1.165) is 11.1 Å². The van der Waals surface area contributed by atoms with Crippen molar-refractivity contribution in [1.29, 1.82) is 0 Å². The first-order valence-corrected chi connectivity index (χ1v) is 12.4. The summed E-state index contributed by atoms with van der Waals surface area (Å²) in [4.78, 5) is 40.0. The van der Waals surface area contributed by atoms with Gasteiger partial charge in [-0.15, -0.1) is 0 Å². The van der Waals surface area contributed by atoms with E-state index in [1.165, 1.54) is 4.90 Å². The van der Waals surface area contributed by atoms with Crippen molar-refractivity contribution in [2.24, 2.45) is 11.8 Å². The molecule has 0 unspecified atom stereocenters. The minimum Gasteiger partial charge on any atom is -0.445 e. The van der Waals surface area contributed by atoms with Gasteiger partial charge in [0.25, 0.3) is 0 Å². The van der Waals surface area contributed by atoms with E-state index in [1.807, 2.05) is 88.4 Å². The van der Waals surface area contributed by atoms with Crippen LogP contribution in [0.1, 0.15) is 51.3 Å². The number of hydrogen-bond acceptors (Lipinski definition) is 5. The largest absolute Gasteiger partial charge is 0.445 e. The summed E-state index contributed by atoms with van der Waals surface area (Å²) in [5.41, 5.74) is 2.25. The van der Waals surface area contributed by atoms with Crippen LogP contribution in [-0.4, -0.2) is 41.1 Å². The molecule has 36 heavy (non-hydrogen) atoms. The third-order valence-corrected chi connectivity index (χ3v) is 6.36. The number of aliphatic hydroxyl groups excluding tert-OH is 1. The van der Waals surface area contributed by atoms with E-state index in [1.54, 1.807) is 7.05 Å². The van der Waals surface area contributed by atoms with Crippen molar-refractivity contribution in [3.05, 3.63) is 82.0 Å². The topological polar surface area (TPSA) is 95.9 Å². The van der Waals surface area contributed by atoms with Crippen LogP contribution in [0.15, 0.2) is 65.5 Å². The van der Waals surface area contributed by atoms with Crippen LogP contribution in [0.4, 0.5) is 4.79 Å². The molecule has 0 saturated carbocycles. The van der Waals surface area contributed by atoms with E-state index in [0.29, 0.717) is 17.5 Å². The predicted molar refractivity (Wildman–Crippen MR) is 140 cm³/mol.